The van der Waals surface area contributed by atoms with Gasteiger partial charge in [0.25, 0.3) is 0 Å². The molecule has 0 aliphatic carbocycles. The molecule has 1 heterocycles. The topological polar surface area (TPSA) is 12.9 Å². The molecule has 0 saturated heterocycles. The molecule has 1 aromatic heterocycles. The van der Waals surface area contributed by atoms with Gasteiger partial charge in [-0.2, -0.15) is 0 Å². The molecular formula is C12H9ClFN. The van der Waals surface area contributed by atoms with Crippen LogP contribution in [0.15, 0.2) is 36.5 Å². The van der Waals surface area contributed by atoms with E-state index in [1.54, 1.807) is 12.3 Å². The molecule has 0 aliphatic heterocycles. The first-order valence-electron chi connectivity index (χ1n) is 4.55. The number of aryl methyl sites for hydroxylation is 1. The zero-order valence-corrected chi connectivity index (χ0v) is 8.92. The highest BCUT2D eigenvalue weighted by Crippen LogP contribution is 2.29. The van der Waals surface area contributed by atoms with Gasteiger partial charge < -0.3 is 0 Å². The largest absolute Gasteiger partial charge is 0.244 e. The summed E-state index contributed by atoms with van der Waals surface area (Å²) in [5.74, 6) is -0.271. The van der Waals surface area contributed by atoms with Crippen LogP contribution in [-0.2, 0) is 0 Å². The van der Waals surface area contributed by atoms with E-state index in [0.29, 0.717) is 5.15 Å². The monoisotopic (exact) mass is 221 g/mol. The van der Waals surface area contributed by atoms with E-state index in [2.05, 4.69) is 4.98 Å². The quantitative estimate of drug-likeness (QED) is 0.667. The summed E-state index contributed by atoms with van der Waals surface area (Å²) in [7, 11) is 0. The van der Waals surface area contributed by atoms with E-state index < -0.39 is 0 Å². The third kappa shape index (κ3) is 2.00. The van der Waals surface area contributed by atoms with Gasteiger partial charge in [-0.3, -0.25) is 0 Å². The number of rotatable bonds is 1. The summed E-state index contributed by atoms with van der Waals surface area (Å²) in [5.41, 5.74) is 2.53. The molecule has 0 radical (unpaired) electrons. The lowest BCUT2D eigenvalue weighted by molar-refractivity contribution is 0.628. The molecule has 0 saturated carbocycles. The lowest BCUT2D eigenvalue weighted by Gasteiger charge is -2.07. The molecule has 0 N–H and O–H groups in total. The summed E-state index contributed by atoms with van der Waals surface area (Å²) in [6, 6.07) is 8.19. The van der Waals surface area contributed by atoms with Crippen LogP contribution in [0, 0.1) is 12.7 Å². The van der Waals surface area contributed by atoms with Crippen molar-refractivity contribution in [2.45, 2.75) is 6.92 Å². The molecule has 0 atom stereocenters. The summed E-state index contributed by atoms with van der Waals surface area (Å²) < 4.78 is 13.1. The van der Waals surface area contributed by atoms with Crippen LogP contribution in [0.4, 0.5) is 4.39 Å². The predicted octanol–water partition coefficient (Wildman–Crippen LogP) is 3.85. The Kier molecular flexibility index (Phi) is 2.69. The van der Waals surface area contributed by atoms with E-state index in [4.69, 9.17) is 11.6 Å². The van der Waals surface area contributed by atoms with Crippen molar-refractivity contribution in [3.63, 3.8) is 0 Å². The second kappa shape index (κ2) is 3.99. The molecular weight excluding hydrogens is 213 g/mol. The number of hydrogen-bond acceptors (Lipinski definition) is 1. The highest BCUT2D eigenvalue weighted by molar-refractivity contribution is 6.32. The van der Waals surface area contributed by atoms with E-state index in [9.17, 15) is 4.39 Å². The molecule has 0 spiro atoms. The fourth-order valence-electron chi connectivity index (χ4n) is 1.52. The van der Waals surface area contributed by atoms with E-state index in [1.165, 1.54) is 12.1 Å². The Morgan fingerprint density at radius 2 is 2.07 bits per heavy atom. The van der Waals surface area contributed by atoms with Gasteiger partial charge in [0.1, 0.15) is 11.0 Å². The fraction of sp³-hybridized carbons (Fsp3) is 0.0833. The van der Waals surface area contributed by atoms with Crippen LogP contribution < -0.4 is 0 Å². The fourth-order valence-corrected chi connectivity index (χ4v) is 1.83. The minimum absolute atomic E-state index is 0.271. The van der Waals surface area contributed by atoms with E-state index in [0.717, 1.165) is 16.7 Å². The Bertz CT molecular complexity index is 476. The van der Waals surface area contributed by atoms with Crippen molar-refractivity contribution < 1.29 is 4.39 Å². The maximum atomic E-state index is 13.1. The maximum absolute atomic E-state index is 13.1. The summed E-state index contributed by atoms with van der Waals surface area (Å²) in [5, 5.41) is 0.403. The van der Waals surface area contributed by atoms with E-state index >= 15 is 0 Å². The molecule has 3 heteroatoms. The molecule has 0 unspecified atom stereocenters. The van der Waals surface area contributed by atoms with Crippen molar-refractivity contribution in [2.24, 2.45) is 0 Å². The van der Waals surface area contributed by atoms with Crippen molar-refractivity contribution in [3.8, 4) is 11.1 Å². The summed E-state index contributed by atoms with van der Waals surface area (Å²) in [6.45, 7) is 1.92. The van der Waals surface area contributed by atoms with Crippen molar-refractivity contribution in [1.29, 1.82) is 0 Å². The van der Waals surface area contributed by atoms with Gasteiger partial charge in [0.2, 0.25) is 0 Å². The third-order valence-electron chi connectivity index (χ3n) is 2.23. The minimum atomic E-state index is -0.271. The lowest BCUT2D eigenvalue weighted by atomic mass is 10.0. The molecule has 15 heavy (non-hydrogen) atoms. The standard InChI is InChI=1S/C12H9ClFN/c1-8-5-6-15-12(13)11(8)9-3-2-4-10(14)7-9/h2-7H,1H3. The maximum Gasteiger partial charge on any atom is 0.137 e. The summed E-state index contributed by atoms with van der Waals surface area (Å²) >= 11 is 5.98. The second-order valence-electron chi connectivity index (χ2n) is 3.30. The number of benzene rings is 1. The summed E-state index contributed by atoms with van der Waals surface area (Å²) in [4.78, 5) is 3.99. The van der Waals surface area contributed by atoms with Gasteiger partial charge in [0.15, 0.2) is 0 Å². The Labute approximate surface area is 92.5 Å². The molecule has 1 nitrogen and oxygen atoms in total. The van der Waals surface area contributed by atoms with Crippen LogP contribution >= 0.6 is 11.6 Å². The Morgan fingerprint density at radius 3 is 2.73 bits per heavy atom. The van der Waals surface area contributed by atoms with Crippen molar-refractivity contribution in [2.75, 3.05) is 0 Å². The van der Waals surface area contributed by atoms with Gasteiger partial charge in [0, 0.05) is 11.8 Å². The van der Waals surface area contributed by atoms with Gasteiger partial charge in [-0.15, -0.1) is 0 Å². The number of pyridine rings is 1. The van der Waals surface area contributed by atoms with Crippen LogP contribution in [0.3, 0.4) is 0 Å². The van der Waals surface area contributed by atoms with Crippen LogP contribution in [0.1, 0.15) is 5.56 Å². The van der Waals surface area contributed by atoms with Crippen LogP contribution in [-0.4, -0.2) is 4.98 Å². The SMILES string of the molecule is Cc1ccnc(Cl)c1-c1cccc(F)c1. The predicted molar refractivity (Wildman–Crippen MR) is 59.4 cm³/mol. The Hall–Kier alpha value is -1.41. The second-order valence-corrected chi connectivity index (χ2v) is 3.66. The molecule has 1 aromatic carbocycles. The molecule has 0 bridgehead atoms. The molecule has 2 rings (SSSR count). The smallest absolute Gasteiger partial charge is 0.137 e. The minimum Gasteiger partial charge on any atom is -0.244 e. The van der Waals surface area contributed by atoms with Gasteiger partial charge in [-0.25, -0.2) is 9.37 Å². The van der Waals surface area contributed by atoms with E-state index in [-0.39, 0.29) is 5.82 Å². The van der Waals surface area contributed by atoms with Gasteiger partial charge in [-0.1, -0.05) is 23.7 Å². The number of hydrogen-bond donors (Lipinski definition) is 0. The number of halogens is 2. The molecule has 0 aliphatic rings. The Morgan fingerprint density at radius 1 is 1.27 bits per heavy atom. The zero-order chi connectivity index (χ0) is 10.8. The molecule has 76 valence electrons. The number of nitrogens with zero attached hydrogens (tertiary/aromatic N) is 1. The van der Waals surface area contributed by atoms with Crippen LogP contribution in [0.2, 0.25) is 5.15 Å². The molecule has 0 amide bonds. The first kappa shape index (κ1) is 10.1. The molecule has 2 aromatic rings. The van der Waals surface area contributed by atoms with Crippen molar-refractivity contribution in [3.05, 3.63) is 53.1 Å². The molecule has 0 fully saturated rings. The number of aromatic nitrogens is 1. The van der Waals surface area contributed by atoms with Crippen LogP contribution in [0.5, 0.6) is 0 Å². The van der Waals surface area contributed by atoms with Crippen molar-refractivity contribution >= 4 is 11.6 Å². The van der Waals surface area contributed by atoms with E-state index in [1.807, 2.05) is 19.1 Å². The summed E-state index contributed by atoms with van der Waals surface area (Å²) in [6.07, 6.45) is 1.64. The highest BCUT2D eigenvalue weighted by atomic mass is 35.5. The average molecular weight is 222 g/mol. The lowest BCUT2D eigenvalue weighted by Crippen LogP contribution is -1.88. The first-order valence-corrected chi connectivity index (χ1v) is 4.93. The zero-order valence-electron chi connectivity index (χ0n) is 8.17. The average Bonchev–Trinajstić information content (AvgIpc) is 2.17. The van der Waals surface area contributed by atoms with Gasteiger partial charge >= 0.3 is 0 Å². The van der Waals surface area contributed by atoms with Gasteiger partial charge in [0.05, 0.1) is 0 Å². The third-order valence-corrected chi connectivity index (χ3v) is 2.51. The first-order chi connectivity index (χ1) is 7.18. The van der Waals surface area contributed by atoms with Crippen LogP contribution in [0.25, 0.3) is 11.1 Å². The highest BCUT2D eigenvalue weighted by Gasteiger charge is 2.07. The van der Waals surface area contributed by atoms with Gasteiger partial charge in [-0.05, 0) is 36.2 Å². The Balaban J connectivity index is 2.63. The normalized spacial score (nSPS) is 10.3. The van der Waals surface area contributed by atoms with Crippen molar-refractivity contribution in [1.82, 2.24) is 4.98 Å².